The Labute approximate surface area is 404 Å². The number of carbonyl (C=O) groups excluding carboxylic acids is 2. The van der Waals surface area contributed by atoms with Crippen LogP contribution in [0.5, 0.6) is 0 Å². The molecule has 0 aliphatic rings. The molecule has 0 bridgehead atoms. The minimum atomic E-state index is -1.21. The summed E-state index contributed by atoms with van der Waals surface area (Å²) in [7, 11) is 0. The van der Waals surface area contributed by atoms with Gasteiger partial charge in [-0.25, -0.2) is 0 Å². The van der Waals surface area contributed by atoms with E-state index in [4.69, 9.17) is 113 Å². The maximum atomic E-state index is 10.4. The fourth-order valence-electron chi connectivity index (χ4n) is 2.62. The molecule has 0 aliphatic carbocycles. The van der Waals surface area contributed by atoms with Gasteiger partial charge in [0, 0.05) is 6.42 Å². The Morgan fingerprint density at radius 2 is 0.786 bits per heavy atom. The predicted octanol–water partition coefficient (Wildman–Crippen LogP) is -7.93. The normalized spacial score (nSPS) is 13.9. The zero-order valence-electron chi connectivity index (χ0n) is 38.4. The maximum Gasteiger partial charge on any atom is 0.323 e. The Balaban J connectivity index is -0.000000130. The molecule has 70 heavy (non-hydrogen) atoms. The number of benzene rings is 1. The second kappa shape index (κ2) is 47.8. The summed E-state index contributed by atoms with van der Waals surface area (Å²) in [6.45, 7) is 1.65. The van der Waals surface area contributed by atoms with E-state index < -0.39 is 133 Å². The van der Waals surface area contributed by atoms with Crippen molar-refractivity contribution in [2.24, 2.45) is 57.3 Å². The molecule has 2 amide bonds. The van der Waals surface area contributed by atoms with Gasteiger partial charge >= 0.3 is 47.8 Å². The van der Waals surface area contributed by atoms with Crippen LogP contribution in [0.4, 0.5) is 0 Å². The monoisotopic (exact) mass is 1040 g/mol. The van der Waals surface area contributed by atoms with Crippen molar-refractivity contribution in [1.29, 1.82) is 0 Å². The fourth-order valence-corrected chi connectivity index (χ4v) is 3.11. The van der Waals surface area contributed by atoms with Crippen LogP contribution in [0, 0.1) is 0 Å². The summed E-state index contributed by atoms with van der Waals surface area (Å²) in [4.78, 5) is 99.5. The molecule has 408 valence electrons. The first-order valence-corrected chi connectivity index (χ1v) is 20.9. The van der Waals surface area contributed by atoms with Gasteiger partial charge in [-0.3, -0.25) is 47.9 Å². The second-order valence-corrected chi connectivity index (χ2v) is 14.4. The number of amides is 2. The maximum absolute atomic E-state index is 10.4. The molecule has 1 aromatic rings. The Morgan fingerprint density at radius 3 is 0.971 bits per heavy atom. The minimum absolute atomic E-state index is 0.0213. The highest BCUT2D eigenvalue weighted by atomic mass is 32.2. The van der Waals surface area contributed by atoms with E-state index in [2.05, 4.69) is 5.73 Å². The third kappa shape index (κ3) is 57.9. The van der Waals surface area contributed by atoms with Gasteiger partial charge < -0.3 is 119 Å². The van der Waals surface area contributed by atoms with Gasteiger partial charge in [0.25, 0.3) is 0 Å². The van der Waals surface area contributed by atoms with Gasteiger partial charge in [0.15, 0.2) is 0 Å². The van der Waals surface area contributed by atoms with E-state index in [1.165, 1.54) is 13.8 Å². The van der Waals surface area contributed by atoms with Crippen molar-refractivity contribution in [1.82, 2.24) is 0 Å². The SMILES string of the molecule is CC(O)C(N)C(=O)O.CC(O)C(N)C(=O)O.CSCCC(N)C(=O)O.NC(=O)CC(N)C(=O)O.NC(=O)CCC(N)C(=O)O.NC(CO)C(=O)O.NC(CO)C(=O)O.NC(Cc1ccccc1)C(=O)O. The van der Waals surface area contributed by atoms with Crippen LogP contribution in [0.1, 0.15) is 45.1 Å². The fraction of sp³-hybridized carbons (Fsp3) is 0.568. The smallest absolute Gasteiger partial charge is 0.323 e. The Hall–Kier alpha value is -6.21. The Bertz CT molecular complexity index is 1610. The first kappa shape index (κ1) is 78.0. The number of carboxylic acids is 8. The lowest BCUT2D eigenvalue weighted by Gasteiger charge is -2.07. The molecule has 1 aromatic carbocycles. The minimum Gasteiger partial charge on any atom is -0.480 e. The standard InChI is InChI=1S/C9H11NO2.C5H10N2O3.C5H11NO2S.C4H8N2O3.2C4H9NO3.2C3H7NO3/c10-8(9(11)12)6-7-4-2-1-3-5-7;6-3(5(9)10)1-2-4(7)8;1-9-3-2-4(6)5(7)8;5-2(4(8)9)1-3(6)7;2*1-2(6)3(5)4(7)8;2*4-2(1-5)3(6)7/h1-5,8H,6,10H2,(H,11,12);3H,1-2,6H2,(H2,7,8)(H,9,10);4H,2-3,6H2,1H3,(H,7,8);2H,1,5H2,(H2,6,7)(H,8,9);2*2-3,6H,5H2,1H3,(H,7,8);2*2,5H,1,4H2,(H,6,7). The zero-order valence-corrected chi connectivity index (χ0v) is 39.3. The topological polar surface area (TPSA) is 674 Å². The van der Waals surface area contributed by atoms with E-state index in [9.17, 15) is 47.9 Å². The highest BCUT2D eigenvalue weighted by Gasteiger charge is 2.18. The van der Waals surface area contributed by atoms with Crippen LogP contribution in [0.25, 0.3) is 0 Å². The average Bonchev–Trinajstić information content (AvgIpc) is 3.27. The van der Waals surface area contributed by atoms with E-state index in [0.717, 1.165) is 11.3 Å². The van der Waals surface area contributed by atoms with Crippen molar-refractivity contribution < 1.29 is 109 Å². The number of carbonyl (C=O) groups is 10. The van der Waals surface area contributed by atoms with Crippen LogP contribution in [0.15, 0.2) is 30.3 Å². The molecule has 32 N–H and O–H groups in total. The Kier molecular flexibility index (Phi) is 53.3. The van der Waals surface area contributed by atoms with Crippen LogP contribution in [-0.2, 0) is 54.4 Å². The van der Waals surface area contributed by atoms with E-state index in [1.807, 2.05) is 36.6 Å². The summed E-state index contributed by atoms with van der Waals surface area (Å²) in [5.41, 5.74) is 50.2. The van der Waals surface area contributed by atoms with Gasteiger partial charge in [-0.1, -0.05) is 30.3 Å². The summed E-state index contributed by atoms with van der Waals surface area (Å²) < 4.78 is 0. The van der Waals surface area contributed by atoms with Gasteiger partial charge in [-0.05, 0) is 50.7 Å². The number of hydrogen-bond donors (Lipinski definition) is 22. The largest absolute Gasteiger partial charge is 0.480 e. The van der Waals surface area contributed by atoms with Crippen molar-refractivity contribution in [2.45, 2.75) is 106 Å². The molecule has 0 aliphatic heterocycles. The molecule has 0 saturated heterocycles. The van der Waals surface area contributed by atoms with Crippen LogP contribution in [-0.4, -0.2) is 207 Å². The molecule has 0 fully saturated rings. The quantitative estimate of drug-likeness (QED) is 0.0513. The van der Waals surface area contributed by atoms with Crippen molar-refractivity contribution in [3.8, 4) is 0 Å². The number of aliphatic hydroxyl groups is 4. The van der Waals surface area contributed by atoms with Gasteiger partial charge in [0.05, 0.1) is 31.8 Å². The van der Waals surface area contributed by atoms with Crippen molar-refractivity contribution >= 4 is 71.3 Å². The third-order valence-electron chi connectivity index (χ3n) is 6.96. The van der Waals surface area contributed by atoms with Crippen LogP contribution >= 0.6 is 11.8 Å². The molecule has 33 heteroatoms. The zero-order chi connectivity index (χ0) is 57.0. The molecule has 0 spiro atoms. The number of nitrogens with two attached hydrogens (primary N) is 10. The summed E-state index contributed by atoms with van der Waals surface area (Å²) in [5, 5.41) is 98.0. The molecule has 0 heterocycles. The van der Waals surface area contributed by atoms with Gasteiger partial charge in [0.2, 0.25) is 11.8 Å². The van der Waals surface area contributed by atoms with Crippen LogP contribution in [0.2, 0.25) is 0 Å². The van der Waals surface area contributed by atoms with E-state index >= 15 is 0 Å². The lowest BCUT2D eigenvalue weighted by atomic mass is 10.1. The highest BCUT2D eigenvalue weighted by molar-refractivity contribution is 7.98. The number of aliphatic carboxylic acids is 8. The lowest BCUT2D eigenvalue weighted by Crippen LogP contribution is -2.39. The number of hydrogen-bond acceptors (Lipinski definition) is 23. The molecule has 10 atom stereocenters. The van der Waals surface area contributed by atoms with Gasteiger partial charge in [-0.15, -0.1) is 0 Å². The first-order valence-electron chi connectivity index (χ1n) is 19.5. The van der Waals surface area contributed by atoms with E-state index in [-0.39, 0.29) is 19.3 Å². The number of primary amides is 2. The molecule has 32 nitrogen and oxygen atoms in total. The summed E-state index contributed by atoms with van der Waals surface area (Å²) in [6.07, 6.45) is 0.717. The molecule has 1 rings (SSSR count). The third-order valence-corrected chi connectivity index (χ3v) is 7.60. The van der Waals surface area contributed by atoms with Crippen molar-refractivity contribution in [3.63, 3.8) is 0 Å². The average molecular weight is 1040 g/mol. The Morgan fingerprint density at radius 1 is 0.471 bits per heavy atom. The number of aliphatic hydroxyl groups excluding tert-OH is 4. The van der Waals surface area contributed by atoms with Gasteiger partial charge in [0.1, 0.15) is 48.3 Å². The first-order chi connectivity index (χ1) is 31.9. The van der Waals surface area contributed by atoms with E-state index in [0.29, 0.717) is 12.8 Å². The number of thioether (sulfide) groups is 1. The summed E-state index contributed by atoms with van der Waals surface area (Å²) in [5.74, 6) is -9.34. The van der Waals surface area contributed by atoms with Crippen molar-refractivity contribution in [2.75, 3.05) is 25.2 Å². The molecule has 10 unspecified atom stereocenters. The lowest BCUT2D eigenvalue weighted by molar-refractivity contribution is -0.141. The molecule has 0 radical (unpaired) electrons. The molecule has 0 saturated carbocycles. The molecular weight excluding hydrogens is 969 g/mol. The number of rotatable bonds is 22. The summed E-state index contributed by atoms with van der Waals surface area (Å²) >= 11 is 1.60. The van der Waals surface area contributed by atoms with E-state index in [1.54, 1.807) is 11.8 Å². The summed E-state index contributed by atoms with van der Waals surface area (Å²) in [6, 6.07) is 1.15. The number of carboxylic acid groups (broad SMARTS) is 8. The second-order valence-electron chi connectivity index (χ2n) is 13.4. The molecule has 0 aromatic heterocycles. The van der Waals surface area contributed by atoms with Crippen LogP contribution < -0.4 is 57.3 Å². The predicted molar refractivity (Wildman–Crippen MR) is 248 cm³/mol. The molecular formula is C37H72N10O22S. The highest BCUT2D eigenvalue weighted by Crippen LogP contribution is 2.01. The van der Waals surface area contributed by atoms with Crippen molar-refractivity contribution in [3.05, 3.63) is 35.9 Å². The van der Waals surface area contributed by atoms with Crippen LogP contribution in [0.3, 0.4) is 0 Å². The van der Waals surface area contributed by atoms with Gasteiger partial charge in [-0.2, -0.15) is 11.8 Å².